The number of hydrogen-bond donors (Lipinski definition) is 1. The summed E-state index contributed by atoms with van der Waals surface area (Å²) < 4.78 is 10.6. The van der Waals surface area contributed by atoms with E-state index in [-0.39, 0.29) is 17.3 Å². The van der Waals surface area contributed by atoms with Crippen molar-refractivity contribution in [1.29, 1.82) is 0 Å². The standard InChI is InChI=1S/C31H27N5O5/c1-40-25-15-9-22(10-16-25)28-19-30(23-11-17-26(41-2)18-12-23)35(34-28)24-13-7-21(8-14-24)20-32-33-31(37)27-5-3-4-6-29(27)36(38)39/h3-18,20,30H,19H2,1-2H3,(H,33,37). The molecule has 0 saturated heterocycles. The lowest BCUT2D eigenvalue weighted by atomic mass is 9.98. The Labute approximate surface area is 236 Å². The minimum atomic E-state index is -0.662. The summed E-state index contributed by atoms with van der Waals surface area (Å²) in [6, 6.07) is 29.1. The topological polar surface area (TPSA) is 119 Å². The first-order chi connectivity index (χ1) is 20.0. The molecule has 4 aromatic rings. The Morgan fingerprint density at radius 3 is 2.22 bits per heavy atom. The van der Waals surface area contributed by atoms with Crippen LogP contribution in [0, 0.1) is 10.1 Å². The highest BCUT2D eigenvalue weighted by atomic mass is 16.6. The van der Waals surface area contributed by atoms with E-state index in [0.717, 1.165) is 39.6 Å². The van der Waals surface area contributed by atoms with Gasteiger partial charge in [-0.3, -0.25) is 19.9 Å². The Hall–Kier alpha value is -5.51. The number of para-hydroxylation sites is 1. The van der Waals surface area contributed by atoms with Gasteiger partial charge in [-0.25, -0.2) is 5.43 Å². The summed E-state index contributed by atoms with van der Waals surface area (Å²) >= 11 is 0. The molecule has 0 spiro atoms. The van der Waals surface area contributed by atoms with Crippen LogP contribution in [0.3, 0.4) is 0 Å². The summed E-state index contributed by atoms with van der Waals surface area (Å²) in [6.45, 7) is 0. The number of carbonyl (C=O) groups excluding carboxylic acids is 1. The van der Waals surface area contributed by atoms with Crippen LogP contribution in [0.15, 0.2) is 107 Å². The number of amides is 1. The minimum Gasteiger partial charge on any atom is -0.497 e. The maximum Gasteiger partial charge on any atom is 0.282 e. The van der Waals surface area contributed by atoms with Crippen molar-refractivity contribution in [3.05, 3.63) is 129 Å². The number of ether oxygens (including phenoxy) is 2. The second-order valence-corrected chi connectivity index (χ2v) is 9.18. The number of nitro groups is 1. The molecule has 1 amide bonds. The fourth-order valence-corrected chi connectivity index (χ4v) is 4.56. The molecule has 0 saturated carbocycles. The Morgan fingerprint density at radius 2 is 1.59 bits per heavy atom. The van der Waals surface area contributed by atoms with Crippen LogP contribution in [0.4, 0.5) is 11.4 Å². The summed E-state index contributed by atoms with van der Waals surface area (Å²) in [5.74, 6) is 0.906. The van der Waals surface area contributed by atoms with E-state index < -0.39 is 10.8 Å². The van der Waals surface area contributed by atoms with Gasteiger partial charge in [0.15, 0.2) is 0 Å². The zero-order valence-electron chi connectivity index (χ0n) is 22.4. The zero-order valence-corrected chi connectivity index (χ0v) is 22.4. The predicted molar refractivity (Wildman–Crippen MR) is 157 cm³/mol. The van der Waals surface area contributed by atoms with Gasteiger partial charge in [-0.1, -0.05) is 36.4 Å². The van der Waals surface area contributed by atoms with Gasteiger partial charge in [0.1, 0.15) is 17.1 Å². The summed E-state index contributed by atoms with van der Waals surface area (Å²) in [5, 5.41) is 22.2. The van der Waals surface area contributed by atoms with Crippen molar-refractivity contribution in [1.82, 2.24) is 5.43 Å². The van der Waals surface area contributed by atoms with Gasteiger partial charge in [0.05, 0.1) is 42.8 Å². The number of nitrogens with zero attached hydrogens (tertiary/aromatic N) is 4. The van der Waals surface area contributed by atoms with Gasteiger partial charge in [-0.2, -0.15) is 10.2 Å². The van der Waals surface area contributed by atoms with E-state index in [1.54, 1.807) is 20.3 Å². The molecule has 0 fully saturated rings. The number of methoxy groups -OCH3 is 2. The van der Waals surface area contributed by atoms with Crippen LogP contribution in [-0.2, 0) is 0 Å². The molecule has 0 bridgehead atoms. The fraction of sp³-hybridized carbons (Fsp3) is 0.129. The highest BCUT2D eigenvalue weighted by Gasteiger charge is 2.30. The average Bonchev–Trinajstić information content (AvgIpc) is 3.47. The van der Waals surface area contributed by atoms with E-state index in [1.165, 1.54) is 24.4 Å². The fourth-order valence-electron chi connectivity index (χ4n) is 4.56. The highest BCUT2D eigenvalue weighted by Crippen LogP contribution is 2.37. The molecule has 41 heavy (non-hydrogen) atoms. The van der Waals surface area contributed by atoms with E-state index in [0.29, 0.717) is 6.42 Å². The van der Waals surface area contributed by atoms with Crippen LogP contribution in [0.1, 0.15) is 39.5 Å². The first kappa shape index (κ1) is 27.1. The maximum atomic E-state index is 12.4. The van der Waals surface area contributed by atoms with Gasteiger partial charge in [0, 0.05) is 12.5 Å². The molecule has 1 aliphatic rings. The van der Waals surface area contributed by atoms with Crippen molar-refractivity contribution in [2.24, 2.45) is 10.2 Å². The third-order valence-electron chi connectivity index (χ3n) is 6.72. The molecule has 1 unspecified atom stereocenters. The maximum absolute atomic E-state index is 12.4. The number of hydrazone groups is 2. The third kappa shape index (κ3) is 6.06. The van der Waals surface area contributed by atoms with E-state index in [4.69, 9.17) is 14.6 Å². The van der Waals surface area contributed by atoms with Crippen molar-refractivity contribution >= 4 is 29.2 Å². The summed E-state index contributed by atoms with van der Waals surface area (Å²) in [4.78, 5) is 23.0. The molecule has 206 valence electrons. The normalized spacial score (nSPS) is 14.5. The van der Waals surface area contributed by atoms with Crippen LogP contribution in [0.5, 0.6) is 11.5 Å². The third-order valence-corrected chi connectivity index (χ3v) is 6.72. The summed E-state index contributed by atoms with van der Waals surface area (Å²) in [7, 11) is 3.28. The van der Waals surface area contributed by atoms with E-state index in [1.807, 2.05) is 77.8 Å². The lowest BCUT2D eigenvalue weighted by molar-refractivity contribution is -0.385. The second-order valence-electron chi connectivity index (χ2n) is 9.18. The van der Waals surface area contributed by atoms with Crippen LogP contribution in [0.25, 0.3) is 0 Å². The van der Waals surface area contributed by atoms with Crippen molar-refractivity contribution in [2.75, 3.05) is 19.2 Å². The summed E-state index contributed by atoms with van der Waals surface area (Å²) in [6.07, 6.45) is 2.19. The number of nitrogens with one attached hydrogen (secondary N) is 1. The molecule has 0 aromatic heterocycles. The SMILES string of the molecule is COc1ccc(C2=NN(c3ccc(C=NNC(=O)c4ccccc4[N+](=O)[O-])cc3)C(c3ccc(OC)cc3)C2)cc1. The first-order valence-corrected chi connectivity index (χ1v) is 12.8. The van der Waals surface area contributed by atoms with Crippen molar-refractivity contribution < 1.29 is 19.2 Å². The molecule has 0 aliphatic carbocycles. The molecule has 10 heteroatoms. The van der Waals surface area contributed by atoms with Crippen LogP contribution < -0.4 is 19.9 Å². The monoisotopic (exact) mass is 549 g/mol. The lowest BCUT2D eigenvalue weighted by Gasteiger charge is -2.24. The largest absolute Gasteiger partial charge is 0.497 e. The van der Waals surface area contributed by atoms with Gasteiger partial charge in [-0.15, -0.1) is 0 Å². The number of carbonyl (C=O) groups is 1. The quantitative estimate of drug-likeness (QED) is 0.162. The molecule has 10 nitrogen and oxygen atoms in total. The molecule has 1 heterocycles. The molecule has 0 radical (unpaired) electrons. The molecular weight excluding hydrogens is 522 g/mol. The van der Waals surface area contributed by atoms with Crippen molar-refractivity contribution in [3.8, 4) is 11.5 Å². The Morgan fingerprint density at radius 1 is 0.951 bits per heavy atom. The molecule has 1 aliphatic heterocycles. The predicted octanol–water partition coefficient (Wildman–Crippen LogP) is 5.73. The smallest absolute Gasteiger partial charge is 0.282 e. The van der Waals surface area contributed by atoms with Crippen molar-refractivity contribution in [2.45, 2.75) is 12.5 Å². The molecule has 5 rings (SSSR count). The molecule has 1 N–H and O–H groups in total. The highest BCUT2D eigenvalue weighted by molar-refractivity contribution is 6.03. The zero-order chi connectivity index (χ0) is 28.8. The molecular formula is C31H27N5O5. The molecule has 4 aromatic carbocycles. The molecule has 1 atom stereocenters. The Bertz CT molecular complexity index is 1600. The van der Waals surface area contributed by atoms with Gasteiger partial charge < -0.3 is 9.47 Å². The number of benzene rings is 4. The number of hydrogen-bond acceptors (Lipinski definition) is 8. The van der Waals surface area contributed by atoms with Gasteiger partial charge in [0.25, 0.3) is 11.6 Å². The van der Waals surface area contributed by atoms with Gasteiger partial charge in [0.2, 0.25) is 0 Å². The van der Waals surface area contributed by atoms with E-state index >= 15 is 0 Å². The summed E-state index contributed by atoms with van der Waals surface area (Å²) in [5.41, 5.74) is 6.70. The van der Waals surface area contributed by atoms with Gasteiger partial charge >= 0.3 is 0 Å². The van der Waals surface area contributed by atoms with E-state index in [2.05, 4.69) is 10.5 Å². The van der Waals surface area contributed by atoms with Crippen LogP contribution in [-0.4, -0.2) is 37.0 Å². The Kier molecular flexibility index (Phi) is 8.00. The number of anilines is 1. The Balaban J connectivity index is 1.35. The van der Waals surface area contributed by atoms with Crippen molar-refractivity contribution in [3.63, 3.8) is 0 Å². The lowest BCUT2D eigenvalue weighted by Crippen LogP contribution is -2.19. The van der Waals surface area contributed by atoms with E-state index in [9.17, 15) is 14.9 Å². The van der Waals surface area contributed by atoms with Gasteiger partial charge in [-0.05, 0) is 71.3 Å². The first-order valence-electron chi connectivity index (χ1n) is 12.8. The van der Waals surface area contributed by atoms with Crippen LogP contribution >= 0.6 is 0 Å². The number of rotatable bonds is 9. The number of nitro benzene ring substituents is 1. The average molecular weight is 550 g/mol. The second kappa shape index (κ2) is 12.1. The minimum absolute atomic E-state index is 0.0292. The van der Waals surface area contributed by atoms with Crippen LogP contribution in [0.2, 0.25) is 0 Å².